The predicted octanol–water partition coefficient (Wildman–Crippen LogP) is 1.52. The average Bonchev–Trinajstić information content (AvgIpc) is 2.90. The van der Waals surface area contributed by atoms with E-state index in [1.165, 1.54) is 7.11 Å². The molecular weight excluding hydrogens is 298 g/mol. The van der Waals surface area contributed by atoms with E-state index >= 15 is 0 Å². The fourth-order valence-corrected chi connectivity index (χ4v) is 4.86. The van der Waals surface area contributed by atoms with Gasteiger partial charge in [-0.3, -0.25) is 4.79 Å². The lowest BCUT2D eigenvalue weighted by molar-refractivity contribution is -0.141. The van der Waals surface area contributed by atoms with Crippen LogP contribution in [0.3, 0.4) is 0 Å². The number of hydrogen-bond donors (Lipinski definition) is 1. The molecule has 5 nitrogen and oxygen atoms in total. The Balaban J connectivity index is 2.06. The van der Waals surface area contributed by atoms with Crippen molar-refractivity contribution in [3.63, 3.8) is 0 Å². The van der Waals surface area contributed by atoms with Crippen LogP contribution >= 0.6 is 11.3 Å². The molecule has 0 amide bonds. The van der Waals surface area contributed by atoms with Gasteiger partial charge in [0, 0.05) is 10.9 Å². The minimum atomic E-state index is -2.96. The van der Waals surface area contributed by atoms with Crippen LogP contribution in [0.15, 0.2) is 17.5 Å². The average molecular weight is 317 g/mol. The van der Waals surface area contributed by atoms with Gasteiger partial charge in [0.25, 0.3) is 0 Å². The summed E-state index contributed by atoms with van der Waals surface area (Å²) in [5.41, 5.74) is 0. The van der Waals surface area contributed by atoms with Gasteiger partial charge in [-0.05, 0) is 24.3 Å². The monoisotopic (exact) mass is 317 g/mol. The van der Waals surface area contributed by atoms with E-state index in [9.17, 15) is 13.2 Å². The highest BCUT2D eigenvalue weighted by molar-refractivity contribution is 7.91. The van der Waals surface area contributed by atoms with Crippen molar-refractivity contribution in [2.45, 2.75) is 31.3 Å². The molecule has 0 aliphatic carbocycles. The van der Waals surface area contributed by atoms with E-state index in [2.05, 4.69) is 5.32 Å². The lowest BCUT2D eigenvalue weighted by atomic mass is 10.1. The number of nitrogens with one attached hydrogen (secondary N) is 1. The molecule has 0 radical (unpaired) electrons. The molecule has 20 heavy (non-hydrogen) atoms. The Bertz CT molecular complexity index is 539. The van der Waals surface area contributed by atoms with Crippen LogP contribution in [-0.2, 0) is 19.4 Å². The third-order valence-electron chi connectivity index (χ3n) is 3.39. The number of rotatable bonds is 5. The van der Waals surface area contributed by atoms with Gasteiger partial charge in [-0.25, -0.2) is 8.42 Å². The quantitative estimate of drug-likeness (QED) is 0.834. The number of thiophene rings is 1. The summed E-state index contributed by atoms with van der Waals surface area (Å²) in [6.07, 6.45) is 1.71. The molecule has 112 valence electrons. The zero-order valence-corrected chi connectivity index (χ0v) is 13.0. The van der Waals surface area contributed by atoms with Gasteiger partial charge in [0.05, 0.1) is 31.1 Å². The molecule has 1 fully saturated rings. The van der Waals surface area contributed by atoms with Crippen molar-refractivity contribution in [1.29, 1.82) is 0 Å². The molecule has 0 spiro atoms. The lowest BCUT2D eigenvalue weighted by Crippen LogP contribution is -2.42. The first-order valence-corrected chi connectivity index (χ1v) is 9.27. The second kappa shape index (κ2) is 6.69. The summed E-state index contributed by atoms with van der Waals surface area (Å²) in [5, 5.41) is 5.25. The highest BCUT2D eigenvalue weighted by Crippen LogP contribution is 2.25. The molecule has 1 aliphatic heterocycles. The van der Waals surface area contributed by atoms with Gasteiger partial charge in [-0.15, -0.1) is 11.3 Å². The molecule has 1 saturated heterocycles. The summed E-state index contributed by atoms with van der Waals surface area (Å²) in [4.78, 5) is 12.5. The van der Waals surface area contributed by atoms with Crippen LogP contribution in [0.4, 0.5) is 0 Å². The van der Waals surface area contributed by atoms with Gasteiger partial charge >= 0.3 is 5.97 Å². The lowest BCUT2D eigenvalue weighted by Gasteiger charge is -2.27. The summed E-state index contributed by atoms with van der Waals surface area (Å²) >= 11 is 1.55. The van der Waals surface area contributed by atoms with Crippen LogP contribution in [0.1, 0.15) is 30.2 Å². The smallest absolute Gasteiger partial charge is 0.307 e. The number of sulfone groups is 1. The van der Waals surface area contributed by atoms with Gasteiger partial charge < -0.3 is 10.1 Å². The maximum Gasteiger partial charge on any atom is 0.307 e. The van der Waals surface area contributed by atoms with E-state index in [1.54, 1.807) is 11.3 Å². The predicted molar refractivity (Wildman–Crippen MR) is 78.5 cm³/mol. The minimum absolute atomic E-state index is 0.0921. The van der Waals surface area contributed by atoms with Crippen LogP contribution in [-0.4, -0.2) is 39.0 Å². The zero-order chi connectivity index (χ0) is 14.6. The van der Waals surface area contributed by atoms with Gasteiger partial charge in [-0.2, -0.15) is 0 Å². The fourth-order valence-electron chi connectivity index (χ4n) is 2.42. The number of ether oxygens (including phenoxy) is 1. The van der Waals surface area contributed by atoms with Crippen LogP contribution in [0.25, 0.3) is 0 Å². The Hall–Kier alpha value is -0.920. The molecule has 2 atom stereocenters. The Morgan fingerprint density at radius 3 is 3.00 bits per heavy atom. The maximum absolute atomic E-state index is 11.7. The molecule has 1 N–H and O–H groups in total. The number of carbonyl (C=O) groups excluding carboxylic acids is 1. The van der Waals surface area contributed by atoms with E-state index in [0.717, 1.165) is 11.3 Å². The van der Waals surface area contributed by atoms with E-state index < -0.39 is 9.84 Å². The largest absolute Gasteiger partial charge is 0.469 e. The van der Waals surface area contributed by atoms with Crippen molar-refractivity contribution in [2.75, 3.05) is 18.6 Å². The van der Waals surface area contributed by atoms with Gasteiger partial charge in [0.15, 0.2) is 9.84 Å². The molecule has 1 aromatic heterocycles. The molecule has 0 saturated carbocycles. The van der Waals surface area contributed by atoms with Gasteiger partial charge in [0.1, 0.15) is 0 Å². The second-order valence-electron chi connectivity index (χ2n) is 4.97. The zero-order valence-electron chi connectivity index (χ0n) is 11.4. The van der Waals surface area contributed by atoms with Crippen LogP contribution < -0.4 is 5.32 Å². The van der Waals surface area contributed by atoms with E-state index in [-0.39, 0.29) is 36.0 Å². The van der Waals surface area contributed by atoms with Crippen LogP contribution in [0, 0.1) is 0 Å². The SMILES string of the molecule is COC(=O)CC(NC1CCCS(=O)(=O)C1)c1cccs1. The van der Waals surface area contributed by atoms with Crippen LogP contribution in [0.2, 0.25) is 0 Å². The summed E-state index contributed by atoms with van der Waals surface area (Å²) in [7, 11) is -1.60. The normalized spacial score (nSPS) is 23.1. The first-order chi connectivity index (χ1) is 9.50. The Kier molecular flexibility index (Phi) is 5.17. The molecule has 0 aromatic carbocycles. The number of methoxy groups -OCH3 is 1. The summed E-state index contributed by atoms with van der Waals surface area (Å²) < 4.78 is 28.1. The highest BCUT2D eigenvalue weighted by atomic mass is 32.2. The van der Waals surface area contributed by atoms with Gasteiger partial charge in [-0.1, -0.05) is 6.07 Å². The molecule has 2 rings (SSSR count). The molecule has 1 aromatic rings. The maximum atomic E-state index is 11.7. The summed E-state index contributed by atoms with van der Waals surface area (Å²) in [6.45, 7) is 0. The minimum Gasteiger partial charge on any atom is -0.469 e. The van der Waals surface area contributed by atoms with E-state index in [4.69, 9.17) is 4.74 Å². The number of hydrogen-bond acceptors (Lipinski definition) is 6. The molecule has 1 aliphatic rings. The fraction of sp³-hybridized carbons (Fsp3) is 0.615. The first kappa shape index (κ1) is 15.5. The first-order valence-electron chi connectivity index (χ1n) is 6.57. The van der Waals surface area contributed by atoms with Crippen molar-refractivity contribution < 1.29 is 17.9 Å². The van der Waals surface area contributed by atoms with Crippen molar-refractivity contribution in [3.8, 4) is 0 Å². The Labute approximate surface area is 123 Å². The van der Waals surface area contributed by atoms with Crippen molar-refractivity contribution in [3.05, 3.63) is 22.4 Å². The molecule has 7 heteroatoms. The van der Waals surface area contributed by atoms with Gasteiger partial charge in [0.2, 0.25) is 0 Å². The molecule has 2 heterocycles. The van der Waals surface area contributed by atoms with E-state index in [0.29, 0.717) is 6.42 Å². The summed E-state index contributed by atoms with van der Waals surface area (Å²) in [5.74, 6) is 0.122. The van der Waals surface area contributed by atoms with E-state index in [1.807, 2.05) is 17.5 Å². The van der Waals surface area contributed by atoms with Crippen molar-refractivity contribution >= 4 is 27.1 Å². The summed E-state index contributed by atoms with van der Waals surface area (Å²) in [6, 6.07) is 3.60. The van der Waals surface area contributed by atoms with Crippen molar-refractivity contribution in [1.82, 2.24) is 5.32 Å². The van der Waals surface area contributed by atoms with Crippen LogP contribution in [0.5, 0.6) is 0 Å². The standard InChI is InChI=1S/C13H19NO4S2/c1-18-13(15)8-11(12-5-2-6-19-12)14-10-4-3-7-20(16,17)9-10/h2,5-6,10-11,14H,3-4,7-9H2,1H3. The molecular formula is C13H19NO4S2. The highest BCUT2D eigenvalue weighted by Gasteiger charge is 2.28. The Morgan fingerprint density at radius 2 is 2.40 bits per heavy atom. The van der Waals surface area contributed by atoms with Crippen molar-refractivity contribution in [2.24, 2.45) is 0 Å². The third kappa shape index (κ3) is 4.29. The number of carbonyl (C=O) groups is 1. The Morgan fingerprint density at radius 1 is 1.60 bits per heavy atom. The molecule has 0 bridgehead atoms. The third-order valence-corrected chi connectivity index (χ3v) is 6.19. The second-order valence-corrected chi connectivity index (χ2v) is 8.18. The topological polar surface area (TPSA) is 72.5 Å². The number of esters is 1. The molecule has 2 unspecified atom stereocenters.